The summed E-state index contributed by atoms with van der Waals surface area (Å²) < 4.78 is 0. The number of carbonyl (C=O) groups excluding carboxylic acids is 1. The van der Waals surface area contributed by atoms with E-state index in [1.165, 1.54) is 5.56 Å². The van der Waals surface area contributed by atoms with E-state index in [0.29, 0.717) is 12.1 Å². The SMILES string of the molecule is CC#CCNC(=O)c1ccc2[nH]c(C)c(C)c2c1. The first-order valence-corrected chi connectivity index (χ1v) is 5.90. The van der Waals surface area contributed by atoms with E-state index >= 15 is 0 Å². The van der Waals surface area contributed by atoms with Crippen LogP contribution in [-0.4, -0.2) is 17.4 Å². The summed E-state index contributed by atoms with van der Waals surface area (Å²) in [6.07, 6.45) is 0. The van der Waals surface area contributed by atoms with Gasteiger partial charge in [0.2, 0.25) is 0 Å². The summed E-state index contributed by atoms with van der Waals surface area (Å²) in [6.45, 7) is 6.23. The summed E-state index contributed by atoms with van der Waals surface area (Å²) in [6, 6.07) is 5.69. The fraction of sp³-hybridized carbons (Fsp3) is 0.267. The van der Waals surface area contributed by atoms with Gasteiger partial charge in [0.25, 0.3) is 5.91 Å². The Morgan fingerprint density at radius 1 is 1.39 bits per heavy atom. The third-order valence-corrected chi connectivity index (χ3v) is 3.08. The van der Waals surface area contributed by atoms with Gasteiger partial charge in [0.05, 0.1) is 6.54 Å². The van der Waals surface area contributed by atoms with E-state index < -0.39 is 0 Å². The lowest BCUT2D eigenvalue weighted by atomic mass is 10.1. The maximum absolute atomic E-state index is 11.9. The van der Waals surface area contributed by atoms with Gasteiger partial charge in [-0.1, -0.05) is 5.92 Å². The van der Waals surface area contributed by atoms with E-state index in [4.69, 9.17) is 0 Å². The number of amides is 1. The lowest BCUT2D eigenvalue weighted by Crippen LogP contribution is -2.23. The Hall–Kier alpha value is -2.21. The molecule has 3 nitrogen and oxygen atoms in total. The Morgan fingerprint density at radius 2 is 2.17 bits per heavy atom. The van der Waals surface area contributed by atoms with Crippen LogP contribution in [0.15, 0.2) is 18.2 Å². The molecule has 0 saturated carbocycles. The number of aromatic amines is 1. The lowest BCUT2D eigenvalue weighted by Gasteiger charge is -2.02. The van der Waals surface area contributed by atoms with Crippen molar-refractivity contribution in [3.8, 4) is 11.8 Å². The van der Waals surface area contributed by atoms with Crippen LogP contribution in [0.1, 0.15) is 28.5 Å². The molecule has 2 N–H and O–H groups in total. The Balaban J connectivity index is 2.31. The number of hydrogen-bond acceptors (Lipinski definition) is 1. The number of nitrogens with one attached hydrogen (secondary N) is 2. The second kappa shape index (κ2) is 4.97. The molecule has 0 spiro atoms. The van der Waals surface area contributed by atoms with Crippen molar-refractivity contribution in [3.63, 3.8) is 0 Å². The first kappa shape index (κ1) is 12.3. The summed E-state index contributed by atoms with van der Waals surface area (Å²) in [5, 5.41) is 3.87. The van der Waals surface area contributed by atoms with Crippen LogP contribution in [0.2, 0.25) is 0 Å². The van der Waals surface area contributed by atoms with Crippen molar-refractivity contribution < 1.29 is 4.79 Å². The molecule has 1 heterocycles. The highest BCUT2D eigenvalue weighted by Crippen LogP contribution is 2.22. The highest BCUT2D eigenvalue weighted by Gasteiger charge is 2.09. The number of aromatic nitrogens is 1. The van der Waals surface area contributed by atoms with Crippen molar-refractivity contribution in [3.05, 3.63) is 35.0 Å². The third-order valence-electron chi connectivity index (χ3n) is 3.08. The second-order valence-corrected chi connectivity index (χ2v) is 4.24. The topological polar surface area (TPSA) is 44.9 Å². The summed E-state index contributed by atoms with van der Waals surface area (Å²) >= 11 is 0. The molecule has 0 bridgehead atoms. The van der Waals surface area contributed by atoms with Gasteiger partial charge >= 0.3 is 0 Å². The normalized spacial score (nSPS) is 9.94. The third kappa shape index (κ3) is 2.23. The van der Waals surface area contributed by atoms with Gasteiger partial charge in [0.1, 0.15) is 0 Å². The van der Waals surface area contributed by atoms with Gasteiger partial charge in [-0.3, -0.25) is 4.79 Å². The fourth-order valence-electron chi connectivity index (χ4n) is 1.92. The monoisotopic (exact) mass is 240 g/mol. The zero-order chi connectivity index (χ0) is 13.1. The van der Waals surface area contributed by atoms with Crippen molar-refractivity contribution in [2.75, 3.05) is 6.54 Å². The van der Waals surface area contributed by atoms with Crippen LogP contribution in [0.3, 0.4) is 0 Å². The van der Waals surface area contributed by atoms with Crippen LogP contribution < -0.4 is 5.32 Å². The van der Waals surface area contributed by atoms with Gasteiger partial charge in [-0.15, -0.1) is 5.92 Å². The van der Waals surface area contributed by atoms with Gasteiger partial charge in [0, 0.05) is 22.2 Å². The molecule has 0 saturated heterocycles. The van der Waals surface area contributed by atoms with Gasteiger partial charge in [-0.05, 0) is 44.5 Å². The number of H-pyrrole nitrogens is 1. The molecule has 1 aromatic carbocycles. The summed E-state index contributed by atoms with van der Waals surface area (Å²) in [5.41, 5.74) is 4.06. The molecule has 0 radical (unpaired) electrons. The first-order valence-electron chi connectivity index (χ1n) is 5.90. The molecule has 1 aromatic heterocycles. The predicted octanol–water partition coefficient (Wildman–Crippen LogP) is 2.54. The van der Waals surface area contributed by atoms with E-state index in [-0.39, 0.29) is 5.91 Å². The molecule has 0 atom stereocenters. The molecule has 0 aliphatic carbocycles. The van der Waals surface area contributed by atoms with Crippen molar-refractivity contribution >= 4 is 16.8 Å². The van der Waals surface area contributed by atoms with Crippen molar-refractivity contribution in [1.29, 1.82) is 0 Å². The summed E-state index contributed by atoms with van der Waals surface area (Å²) in [7, 11) is 0. The largest absolute Gasteiger partial charge is 0.358 e. The average Bonchev–Trinajstić information content (AvgIpc) is 2.65. The van der Waals surface area contributed by atoms with E-state index in [2.05, 4.69) is 29.1 Å². The van der Waals surface area contributed by atoms with Gasteiger partial charge < -0.3 is 10.3 Å². The summed E-state index contributed by atoms with van der Waals surface area (Å²) in [5.74, 6) is 5.48. The van der Waals surface area contributed by atoms with E-state index in [1.54, 1.807) is 6.92 Å². The Kier molecular flexibility index (Phi) is 3.38. The molecule has 18 heavy (non-hydrogen) atoms. The van der Waals surface area contributed by atoms with Crippen LogP contribution in [0, 0.1) is 25.7 Å². The molecule has 3 heteroatoms. The van der Waals surface area contributed by atoms with Gasteiger partial charge in [0.15, 0.2) is 0 Å². The molecule has 0 fully saturated rings. The molecule has 0 aliphatic heterocycles. The van der Waals surface area contributed by atoms with Crippen LogP contribution in [0.5, 0.6) is 0 Å². The minimum atomic E-state index is -0.0853. The van der Waals surface area contributed by atoms with E-state index in [1.807, 2.05) is 25.1 Å². The average molecular weight is 240 g/mol. The standard InChI is InChI=1S/C15H16N2O/c1-4-5-8-16-15(18)12-6-7-14-13(9-12)10(2)11(3)17-14/h6-7,9,17H,8H2,1-3H3,(H,16,18). The minimum Gasteiger partial charge on any atom is -0.358 e. The maximum atomic E-state index is 11.9. The van der Waals surface area contributed by atoms with Crippen LogP contribution >= 0.6 is 0 Å². The Labute approximate surface area is 107 Å². The number of fused-ring (bicyclic) bond motifs is 1. The van der Waals surface area contributed by atoms with E-state index in [0.717, 1.165) is 16.6 Å². The number of aryl methyl sites for hydroxylation is 2. The second-order valence-electron chi connectivity index (χ2n) is 4.24. The molecule has 0 aliphatic rings. The zero-order valence-electron chi connectivity index (χ0n) is 10.8. The molecule has 1 amide bonds. The molecule has 92 valence electrons. The number of benzene rings is 1. The lowest BCUT2D eigenvalue weighted by molar-refractivity contribution is 0.0959. The fourth-order valence-corrected chi connectivity index (χ4v) is 1.92. The molecular formula is C15H16N2O. The molecule has 2 rings (SSSR count). The summed E-state index contributed by atoms with van der Waals surface area (Å²) in [4.78, 5) is 15.2. The van der Waals surface area contributed by atoms with Crippen molar-refractivity contribution in [1.82, 2.24) is 10.3 Å². The highest BCUT2D eigenvalue weighted by atomic mass is 16.1. The molecular weight excluding hydrogens is 224 g/mol. The van der Waals surface area contributed by atoms with Gasteiger partial charge in [-0.2, -0.15) is 0 Å². The van der Waals surface area contributed by atoms with E-state index in [9.17, 15) is 4.79 Å². The number of hydrogen-bond donors (Lipinski definition) is 2. The maximum Gasteiger partial charge on any atom is 0.252 e. The van der Waals surface area contributed by atoms with Crippen LogP contribution in [-0.2, 0) is 0 Å². The van der Waals surface area contributed by atoms with Crippen molar-refractivity contribution in [2.45, 2.75) is 20.8 Å². The zero-order valence-corrected chi connectivity index (χ0v) is 10.8. The first-order chi connectivity index (χ1) is 8.63. The smallest absolute Gasteiger partial charge is 0.252 e. The number of rotatable bonds is 2. The highest BCUT2D eigenvalue weighted by molar-refractivity contribution is 5.99. The Bertz CT molecular complexity index is 656. The quantitative estimate of drug-likeness (QED) is 0.778. The predicted molar refractivity (Wildman–Crippen MR) is 73.6 cm³/mol. The minimum absolute atomic E-state index is 0.0853. The molecule has 2 aromatic rings. The Morgan fingerprint density at radius 3 is 2.89 bits per heavy atom. The van der Waals surface area contributed by atoms with Gasteiger partial charge in [-0.25, -0.2) is 0 Å². The molecule has 0 unspecified atom stereocenters. The van der Waals surface area contributed by atoms with Crippen molar-refractivity contribution in [2.24, 2.45) is 0 Å². The number of carbonyl (C=O) groups is 1. The van der Waals surface area contributed by atoms with Crippen LogP contribution in [0.4, 0.5) is 0 Å². The van der Waals surface area contributed by atoms with Crippen LogP contribution in [0.25, 0.3) is 10.9 Å².